The van der Waals surface area contributed by atoms with Crippen molar-refractivity contribution in [2.24, 2.45) is 0 Å². The van der Waals surface area contributed by atoms with Crippen LogP contribution in [-0.4, -0.2) is 22.2 Å². The van der Waals surface area contributed by atoms with Crippen molar-refractivity contribution >= 4 is 39.5 Å². The summed E-state index contributed by atoms with van der Waals surface area (Å²) in [6.45, 7) is 0. The van der Waals surface area contributed by atoms with E-state index in [-0.39, 0.29) is 5.02 Å². The summed E-state index contributed by atoms with van der Waals surface area (Å²) in [5.41, 5.74) is 0.297. The number of carbonyl (C=O) groups is 2. The van der Waals surface area contributed by atoms with Gasteiger partial charge in [0.1, 0.15) is 0 Å². The van der Waals surface area contributed by atoms with E-state index in [0.29, 0.717) is 10.0 Å². The third-order valence-corrected chi connectivity index (χ3v) is 2.85. The summed E-state index contributed by atoms with van der Waals surface area (Å²) in [7, 11) is 0. The SMILES string of the molecule is O=C(O)CC(C(=O)O)c1cc(Br)ccc1Cl. The van der Waals surface area contributed by atoms with Crippen molar-refractivity contribution in [2.45, 2.75) is 12.3 Å². The van der Waals surface area contributed by atoms with Gasteiger partial charge in [0.15, 0.2) is 0 Å². The average molecular weight is 308 g/mol. The van der Waals surface area contributed by atoms with E-state index >= 15 is 0 Å². The van der Waals surface area contributed by atoms with Crippen LogP contribution in [-0.2, 0) is 9.59 Å². The van der Waals surface area contributed by atoms with Crippen LogP contribution in [0.2, 0.25) is 5.02 Å². The van der Waals surface area contributed by atoms with Crippen LogP contribution in [0.25, 0.3) is 0 Å². The van der Waals surface area contributed by atoms with Gasteiger partial charge in [-0.25, -0.2) is 0 Å². The van der Waals surface area contributed by atoms with Crippen LogP contribution in [0.3, 0.4) is 0 Å². The number of hydrogen-bond acceptors (Lipinski definition) is 2. The molecule has 0 heterocycles. The summed E-state index contributed by atoms with van der Waals surface area (Å²) in [4.78, 5) is 21.5. The summed E-state index contributed by atoms with van der Waals surface area (Å²) in [6, 6.07) is 4.70. The molecule has 0 fully saturated rings. The molecule has 2 N–H and O–H groups in total. The Morgan fingerprint density at radius 1 is 1.38 bits per heavy atom. The maximum atomic E-state index is 11.0. The first-order valence-corrected chi connectivity index (χ1v) is 5.48. The standard InChI is InChI=1S/C10H8BrClO4/c11-5-1-2-8(12)6(3-5)7(10(15)16)4-9(13)14/h1-3,7H,4H2,(H,13,14)(H,15,16). The lowest BCUT2D eigenvalue weighted by Crippen LogP contribution is -2.16. The Bertz CT molecular complexity index is 433. The van der Waals surface area contributed by atoms with Gasteiger partial charge >= 0.3 is 11.9 Å². The molecule has 4 nitrogen and oxygen atoms in total. The highest BCUT2D eigenvalue weighted by atomic mass is 79.9. The van der Waals surface area contributed by atoms with Crippen molar-refractivity contribution in [1.82, 2.24) is 0 Å². The third-order valence-electron chi connectivity index (χ3n) is 2.01. The van der Waals surface area contributed by atoms with Crippen molar-refractivity contribution in [1.29, 1.82) is 0 Å². The highest BCUT2D eigenvalue weighted by Gasteiger charge is 2.25. The van der Waals surface area contributed by atoms with Gasteiger partial charge in [-0.1, -0.05) is 27.5 Å². The normalized spacial score (nSPS) is 12.1. The van der Waals surface area contributed by atoms with E-state index in [2.05, 4.69) is 15.9 Å². The first-order chi connectivity index (χ1) is 7.41. The molecule has 0 aliphatic heterocycles. The molecule has 0 radical (unpaired) electrons. The van der Waals surface area contributed by atoms with Crippen LogP contribution in [0, 0.1) is 0 Å². The summed E-state index contributed by atoms with van der Waals surface area (Å²) < 4.78 is 0.656. The van der Waals surface area contributed by atoms with Gasteiger partial charge in [-0.15, -0.1) is 0 Å². The van der Waals surface area contributed by atoms with Gasteiger partial charge < -0.3 is 10.2 Å². The fraction of sp³-hybridized carbons (Fsp3) is 0.200. The second-order valence-corrected chi connectivity index (χ2v) is 4.48. The van der Waals surface area contributed by atoms with E-state index in [0.717, 1.165) is 0 Å². The minimum absolute atomic E-state index is 0.247. The van der Waals surface area contributed by atoms with Crippen LogP contribution < -0.4 is 0 Å². The van der Waals surface area contributed by atoms with Crippen LogP contribution in [0.1, 0.15) is 17.9 Å². The van der Waals surface area contributed by atoms with Gasteiger partial charge in [-0.2, -0.15) is 0 Å². The van der Waals surface area contributed by atoms with Gasteiger partial charge in [-0.3, -0.25) is 9.59 Å². The lowest BCUT2D eigenvalue weighted by molar-refractivity contribution is -0.145. The van der Waals surface area contributed by atoms with Crippen molar-refractivity contribution in [3.8, 4) is 0 Å². The van der Waals surface area contributed by atoms with Crippen LogP contribution in [0.15, 0.2) is 22.7 Å². The minimum Gasteiger partial charge on any atom is -0.481 e. The quantitative estimate of drug-likeness (QED) is 0.897. The Morgan fingerprint density at radius 3 is 2.50 bits per heavy atom. The zero-order valence-corrected chi connectivity index (χ0v) is 10.3. The number of halogens is 2. The Balaban J connectivity index is 3.14. The van der Waals surface area contributed by atoms with Crippen LogP contribution >= 0.6 is 27.5 Å². The summed E-state index contributed by atoms with van der Waals surface area (Å²) in [5, 5.41) is 17.8. The second kappa shape index (κ2) is 5.32. The number of carboxylic acids is 2. The molecule has 0 spiro atoms. The van der Waals surface area contributed by atoms with Crippen molar-refractivity contribution in [3.63, 3.8) is 0 Å². The molecule has 1 rings (SSSR count). The van der Waals surface area contributed by atoms with Gasteiger partial charge in [0, 0.05) is 9.50 Å². The number of rotatable bonds is 4. The van der Waals surface area contributed by atoms with Gasteiger partial charge in [-0.05, 0) is 23.8 Å². The molecule has 1 unspecified atom stereocenters. The summed E-state index contributed by atoms with van der Waals surface area (Å²) in [6.07, 6.45) is -0.495. The second-order valence-electron chi connectivity index (χ2n) is 3.15. The van der Waals surface area contributed by atoms with Gasteiger partial charge in [0.2, 0.25) is 0 Å². The molecule has 0 aliphatic carbocycles. The van der Waals surface area contributed by atoms with Crippen LogP contribution in [0.5, 0.6) is 0 Å². The monoisotopic (exact) mass is 306 g/mol. The Labute approximate surface area is 105 Å². The number of carboxylic acid groups (broad SMARTS) is 2. The molecule has 0 saturated carbocycles. The molecule has 1 aromatic carbocycles. The van der Waals surface area contributed by atoms with Crippen molar-refractivity contribution in [3.05, 3.63) is 33.3 Å². The molecule has 6 heteroatoms. The van der Waals surface area contributed by atoms with E-state index in [1.807, 2.05) is 0 Å². The Kier molecular flexibility index (Phi) is 4.32. The van der Waals surface area contributed by atoms with Crippen molar-refractivity contribution < 1.29 is 19.8 Å². The molecular formula is C10H8BrClO4. The summed E-state index contributed by atoms with van der Waals surface area (Å²) in [5.74, 6) is -3.52. The molecular weight excluding hydrogens is 299 g/mol. The molecule has 1 atom stereocenters. The molecule has 1 aromatic rings. The molecule has 86 valence electrons. The molecule has 0 aliphatic rings. The molecule has 0 bridgehead atoms. The molecule has 0 amide bonds. The number of hydrogen-bond donors (Lipinski definition) is 2. The Hall–Kier alpha value is -1.07. The number of aliphatic carboxylic acids is 2. The minimum atomic E-state index is -1.21. The fourth-order valence-corrected chi connectivity index (χ4v) is 1.91. The highest BCUT2D eigenvalue weighted by molar-refractivity contribution is 9.10. The average Bonchev–Trinajstić information content (AvgIpc) is 2.18. The van der Waals surface area contributed by atoms with Crippen LogP contribution in [0.4, 0.5) is 0 Å². The lowest BCUT2D eigenvalue weighted by Gasteiger charge is -2.12. The molecule has 0 aromatic heterocycles. The van der Waals surface area contributed by atoms with E-state index in [9.17, 15) is 9.59 Å². The van der Waals surface area contributed by atoms with E-state index in [4.69, 9.17) is 21.8 Å². The van der Waals surface area contributed by atoms with Gasteiger partial charge in [0.25, 0.3) is 0 Å². The maximum absolute atomic E-state index is 11.0. The maximum Gasteiger partial charge on any atom is 0.311 e. The van der Waals surface area contributed by atoms with E-state index in [1.165, 1.54) is 12.1 Å². The molecule has 16 heavy (non-hydrogen) atoms. The van der Waals surface area contributed by atoms with Gasteiger partial charge in [0.05, 0.1) is 12.3 Å². The first kappa shape index (κ1) is 13.0. The number of benzene rings is 1. The summed E-state index contributed by atoms with van der Waals surface area (Å²) >= 11 is 9.02. The zero-order valence-electron chi connectivity index (χ0n) is 7.98. The first-order valence-electron chi connectivity index (χ1n) is 4.31. The third kappa shape index (κ3) is 3.21. The molecule has 0 saturated heterocycles. The van der Waals surface area contributed by atoms with Crippen molar-refractivity contribution in [2.75, 3.05) is 0 Å². The topological polar surface area (TPSA) is 74.6 Å². The lowest BCUT2D eigenvalue weighted by atomic mass is 9.96. The predicted molar refractivity (Wildman–Crippen MR) is 61.8 cm³/mol. The Morgan fingerprint density at radius 2 is 2.00 bits per heavy atom. The van der Waals surface area contributed by atoms with E-state index < -0.39 is 24.3 Å². The fourth-order valence-electron chi connectivity index (χ4n) is 1.29. The van der Waals surface area contributed by atoms with E-state index in [1.54, 1.807) is 6.07 Å². The zero-order chi connectivity index (χ0) is 12.3. The highest BCUT2D eigenvalue weighted by Crippen LogP contribution is 2.30. The predicted octanol–water partition coefficient (Wildman–Crippen LogP) is 2.75. The largest absolute Gasteiger partial charge is 0.481 e. The smallest absolute Gasteiger partial charge is 0.311 e.